The Morgan fingerprint density at radius 3 is 1.71 bits per heavy atom. The van der Waals surface area contributed by atoms with Gasteiger partial charge in [-0.3, -0.25) is 9.97 Å². The maximum atomic E-state index is 4.41. The molecule has 168 valence electrons. The number of aromatic nitrogens is 6. The van der Waals surface area contributed by atoms with Gasteiger partial charge in [-0.1, -0.05) is 60.7 Å². The summed E-state index contributed by atoms with van der Waals surface area (Å²) < 4.78 is 0. The van der Waals surface area contributed by atoms with Gasteiger partial charge in [0.25, 0.3) is 0 Å². The van der Waals surface area contributed by atoms with Crippen LogP contribution in [-0.4, -0.2) is 24.9 Å². The minimum absolute atomic E-state index is 0. The zero-order valence-corrected chi connectivity index (χ0v) is 18.9. The molecule has 0 unspecified atom stereocenters. The van der Waals surface area contributed by atoms with E-state index >= 15 is 0 Å². The first-order chi connectivity index (χ1) is 16.4. The second-order valence-corrected chi connectivity index (χ2v) is 7.13. The first-order valence-electron chi connectivity index (χ1n) is 10.4. The number of hydrogen-bond acceptors (Lipinski definition) is 5. The second kappa shape index (κ2) is 11.1. The van der Waals surface area contributed by atoms with Crippen LogP contribution in [0.3, 0.4) is 0 Å². The van der Waals surface area contributed by atoms with Gasteiger partial charge in [-0.2, -0.15) is 6.20 Å². The summed E-state index contributed by atoms with van der Waals surface area (Å²) >= 11 is 0. The van der Waals surface area contributed by atoms with Crippen LogP contribution in [-0.2, 0) is 17.1 Å². The molecule has 0 atom stereocenters. The molecule has 0 radical (unpaired) electrons. The Bertz CT molecular complexity index is 1400. The van der Waals surface area contributed by atoms with Crippen molar-refractivity contribution in [3.63, 3.8) is 0 Å². The summed E-state index contributed by atoms with van der Waals surface area (Å²) in [5.74, 6) is 0.661. The molecular formula is C27H19CuN6. The fraction of sp³-hybridized carbons (Fsp3) is 0. The normalized spacial score (nSPS) is 10.1. The molecule has 0 saturated heterocycles. The van der Waals surface area contributed by atoms with Crippen LogP contribution in [0.5, 0.6) is 0 Å². The van der Waals surface area contributed by atoms with Crippen molar-refractivity contribution in [2.75, 3.05) is 0 Å². The molecule has 0 aliphatic rings. The van der Waals surface area contributed by atoms with Gasteiger partial charge in [-0.05, 0) is 29.7 Å². The monoisotopic (exact) mass is 490 g/mol. The van der Waals surface area contributed by atoms with E-state index in [2.05, 4.69) is 42.0 Å². The van der Waals surface area contributed by atoms with Crippen molar-refractivity contribution in [2.45, 2.75) is 0 Å². The Hall–Kier alpha value is -4.19. The van der Waals surface area contributed by atoms with Gasteiger partial charge in [-0.15, -0.1) is 5.52 Å². The summed E-state index contributed by atoms with van der Waals surface area (Å²) in [5.41, 5.74) is 6.04. The van der Waals surface area contributed by atoms with Gasteiger partial charge in [0.2, 0.25) is 0 Å². The molecule has 0 aliphatic heterocycles. The van der Waals surface area contributed by atoms with E-state index in [9.17, 15) is 0 Å². The molecular weight excluding hydrogens is 472 g/mol. The molecule has 6 rings (SSSR count). The van der Waals surface area contributed by atoms with Crippen molar-refractivity contribution in [1.82, 2.24) is 29.9 Å². The maximum Gasteiger partial charge on any atom is 1.00 e. The summed E-state index contributed by atoms with van der Waals surface area (Å²) in [5, 5.41) is 1.10. The Morgan fingerprint density at radius 2 is 1.12 bits per heavy atom. The minimum Gasteiger partial charge on any atom is -0.663 e. The Balaban J connectivity index is 0.000000159. The summed E-state index contributed by atoms with van der Waals surface area (Å²) in [4.78, 5) is 25.1. The number of hydrogen-bond donors (Lipinski definition) is 0. The van der Waals surface area contributed by atoms with Gasteiger partial charge >= 0.3 is 17.1 Å². The molecule has 0 aliphatic carbocycles. The van der Waals surface area contributed by atoms with Crippen molar-refractivity contribution in [3.8, 4) is 33.9 Å². The van der Waals surface area contributed by atoms with E-state index in [0.29, 0.717) is 5.82 Å². The average molecular weight is 491 g/mol. The van der Waals surface area contributed by atoms with Crippen LogP contribution >= 0.6 is 0 Å². The molecule has 2 aromatic carbocycles. The molecule has 0 amide bonds. The molecule has 0 fully saturated rings. The van der Waals surface area contributed by atoms with E-state index in [1.54, 1.807) is 6.20 Å². The number of rotatable bonds is 3. The minimum atomic E-state index is 0. The van der Waals surface area contributed by atoms with Crippen LogP contribution in [0.1, 0.15) is 0 Å². The number of benzene rings is 2. The average Bonchev–Trinajstić information content (AvgIpc) is 3.40. The quantitative estimate of drug-likeness (QED) is 0.306. The summed E-state index contributed by atoms with van der Waals surface area (Å²) in [6.45, 7) is 0. The topological polar surface area (TPSA) is 78.5 Å². The maximum absolute atomic E-state index is 4.41. The number of para-hydroxylation sites is 1. The molecule has 0 N–H and O–H groups in total. The SMILES string of the molecule is [Cu+].c1cc(-c2ncncn2)c2[n-]ccc2c1.c1ccc(-c2ccccc2-c2ccccn2)nc1. The van der Waals surface area contributed by atoms with Crippen molar-refractivity contribution in [2.24, 2.45) is 0 Å². The molecule has 0 bridgehead atoms. The predicted octanol–water partition coefficient (Wildman–Crippen LogP) is 5.46. The smallest absolute Gasteiger partial charge is 0.663 e. The Kier molecular flexibility index (Phi) is 7.50. The van der Waals surface area contributed by atoms with Gasteiger partial charge in [0.15, 0.2) is 5.82 Å². The third kappa shape index (κ3) is 5.07. The molecule has 0 spiro atoms. The van der Waals surface area contributed by atoms with E-state index in [1.807, 2.05) is 85.2 Å². The van der Waals surface area contributed by atoms with Gasteiger partial charge in [0, 0.05) is 29.1 Å². The third-order valence-electron chi connectivity index (χ3n) is 5.07. The van der Waals surface area contributed by atoms with Gasteiger partial charge in [0.1, 0.15) is 12.7 Å². The summed E-state index contributed by atoms with van der Waals surface area (Å²) in [7, 11) is 0. The largest absolute Gasteiger partial charge is 1.00 e. The van der Waals surface area contributed by atoms with E-state index in [0.717, 1.165) is 39.0 Å². The third-order valence-corrected chi connectivity index (χ3v) is 5.07. The van der Waals surface area contributed by atoms with Crippen molar-refractivity contribution in [1.29, 1.82) is 0 Å². The van der Waals surface area contributed by atoms with Crippen LogP contribution in [0.2, 0.25) is 0 Å². The molecule has 4 aromatic heterocycles. The first kappa shape index (κ1) is 23.0. The fourth-order valence-corrected chi connectivity index (χ4v) is 3.56. The Labute approximate surface area is 207 Å². The molecule has 0 saturated carbocycles. The van der Waals surface area contributed by atoms with Crippen molar-refractivity contribution in [3.05, 3.63) is 116 Å². The number of nitrogens with zero attached hydrogens (tertiary/aromatic N) is 6. The molecule has 4 heterocycles. The van der Waals surface area contributed by atoms with E-state index in [1.165, 1.54) is 12.7 Å². The van der Waals surface area contributed by atoms with Crippen molar-refractivity contribution < 1.29 is 17.1 Å². The summed E-state index contributed by atoms with van der Waals surface area (Å²) in [6, 6.07) is 28.0. The molecule has 34 heavy (non-hydrogen) atoms. The second-order valence-electron chi connectivity index (χ2n) is 7.13. The molecule has 7 heteroatoms. The van der Waals surface area contributed by atoms with Gasteiger partial charge in [-0.25, -0.2) is 15.0 Å². The van der Waals surface area contributed by atoms with Crippen LogP contribution in [0, 0.1) is 0 Å². The molecule has 6 aromatic rings. The first-order valence-corrected chi connectivity index (χ1v) is 10.4. The van der Waals surface area contributed by atoms with Gasteiger partial charge < -0.3 is 4.98 Å². The van der Waals surface area contributed by atoms with Crippen molar-refractivity contribution >= 4 is 10.9 Å². The number of pyridine rings is 2. The zero-order chi connectivity index (χ0) is 22.3. The van der Waals surface area contributed by atoms with Crippen LogP contribution in [0.25, 0.3) is 44.8 Å². The standard InChI is InChI=1S/C16H12N2.C11H7N4.Cu/c1-2-8-14(16-10-4-6-12-18-16)13(7-1)15-9-3-5-11-17-15;1-2-8-4-5-13-10(8)9(3-1)11-14-6-12-7-15-11;/h1-12H;1-7H;/q;-1;+1. The van der Waals surface area contributed by atoms with Crippen LogP contribution < -0.4 is 4.98 Å². The number of fused-ring (bicyclic) bond motifs is 1. The van der Waals surface area contributed by atoms with Crippen LogP contribution in [0.15, 0.2) is 116 Å². The van der Waals surface area contributed by atoms with Crippen LogP contribution in [0.4, 0.5) is 0 Å². The Morgan fingerprint density at radius 1 is 0.529 bits per heavy atom. The predicted molar refractivity (Wildman–Crippen MR) is 129 cm³/mol. The van der Waals surface area contributed by atoms with Gasteiger partial charge in [0.05, 0.1) is 11.4 Å². The zero-order valence-electron chi connectivity index (χ0n) is 18.0. The fourth-order valence-electron chi connectivity index (χ4n) is 3.56. The van der Waals surface area contributed by atoms with E-state index in [4.69, 9.17) is 0 Å². The summed E-state index contributed by atoms with van der Waals surface area (Å²) in [6.07, 6.45) is 8.39. The van der Waals surface area contributed by atoms with E-state index in [-0.39, 0.29) is 17.1 Å². The van der Waals surface area contributed by atoms with E-state index < -0.39 is 0 Å². The molecule has 6 nitrogen and oxygen atoms in total.